The highest BCUT2D eigenvalue weighted by atomic mass is 16.5. The molecule has 0 saturated heterocycles. The molecule has 22 heavy (non-hydrogen) atoms. The molecule has 4 aliphatic carbocycles. The molecule has 0 aliphatic heterocycles. The van der Waals surface area contributed by atoms with Crippen molar-refractivity contribution in [2.45, 2.75) is 38.5 Å². The van der Waals surface area contributed by atoms with Gasteiger partial charge in [0.2, 0.25) is 0 Å². The number of hydrogen-bond donors (Lipinski definition) is 0. The predicted octanol–water partition coefficient (Wildman–Crippen LogP) is 4.14. The molecule has 4 aliphatic rings. The van der Waals surface area contributed by atoms with E-state index in [1.807, 2.05) is 6.07 Å². The summed E-state index contributed by atoms with van der Waals surface area (Å²) in [7, 11) is 1.46. The maximum atomic E-state index is 12.0. The molecule has 114 valence electrons. The molecular weight excluding hydrogens is 272 g/mol. The highest BCUT2D eigenvalue weighted by molar-refractivity contribution is 5.91. The first-order valence-corrected chi connectivity index (χ1v) is 8.04. The van der Waals surface area contributed by atoms with Crippen LogP contribution in [0.5, 0.6) is 0 Å². The Bertz CT molecular complexity index is 656. The number of methoxy groups -OCH3 is 1. The van der Waals surface area contributed by atoms with Crippen LogP contribution in [-0.2, 0) is 30.4 Å². The molecule has 0 spiro atoms. The monoisotopic (exact) mass is 294 g/mol. The molecule has 0 saturated carbocycles. The van der Waals surface area contributed by atoms with Crippen LogP contribution < -0.4 is 0 Å². The van der Waals surface area contributed by atoms with E-state index >= 15 is 0 Å². The van der Waals surface area contributed by atoms with Gasteiger partial charge in [0, 0.05) is 0 Å². The fourth-order valence-electron chi connectivity index (χ4n) is 3.10. The Morgan fingerprint density at radius 3 is 2.14 bits per heavy atom. The zero-order valence-electron chi connectivity index (χ0n) is 13.1. The molecule has 0 fully saturated rings. The lowest BCUT2D eigenvalue weighted by molar-refractivity contribution is 0.0599. The fraction of sp³-hybridized carbons (Fsp3) is 0.350. The fourth-order valence-corrected chi connectivity index (χ4v) is 3.10. The van der Waals surface area contributed by atoms with Gasteiger partial charge >= 0.3 is 5.97 Å². The Morgan fingerprint density at radius 1 is 0.818 bits per heavy atom. The van der Waals surface area contributed by atoms with Gasteiger partial charge in [-0.1, -0.05) is 36.4 Å². The molecule has 2 heteroatoms. The Kier molecular flexibility index (Phi) is 4.57. The lowest BCUT2D eigenvalue weighted by Gasteiger charge is -2.12. The van der Waals surface area contributed by atoms with E-state index in [1.54, 1.807) is 0 Å². The van der Waals surface area contributed by atoms with Crippen LogP contribution in [0.2, 0.25) is 0 Å². The summed E-state index contributed by atoms with van der Waals surface area (Å²) < 4.78 is 4.95. The zero-order valence-corrected chi connectivity index (χ0v) is 13.1. The second kappa shape index (κ2) is 6.78. The molecule has 0 aromatic heterocycles. The molecule has 0 N–H and O–H groups in total. The molecule has 2 nitrogen and oxygen atoms in total. The van der Waals surface area contributed by atoms with Gasteiger partial charge in [-0.3, -0.25) is 0 Å². The van der Waals surface area contributed by atoms with Crippen molar-refractivity contribution in [3.8, 4) is 0 Å². The Morgan fingerprint density at radius 2 is 1.41 bits per heavy atom. The van der Waals surface area contributed by atoms with Crippen molar-refractivity contribution in [3.05, 3.63) is 70.3 Å². The van der Waals surface area contributed by atoms with E-state index in [0.717, 1.165) is 49.7 Å². The van der Waals surface area contributed by atoms with Gasteiger partial charge in [0.05, 0.1) is 12.7 Å². The molecule has 6 rings (SSSR count). The van der Waals surface area contributed by atoms with E-state index in [2.05, 4.69) is 36.4 Å². The van der Waals surface area contributed by atoms with Crippen LogP contribution in [-0.4, -0.2) is 13.1 Å². The molecule has 0 heterocycles. The molecule has 2 aromatic rings. The highest BCUT2D eigenvalue weighted by Crippen LogP contribution is 2.19. The van der Waals surface area contributed by atoms with Crippen LogP contribution in [0.25, 0.3) is 0 Å². The minimum absolute atomic E-state index is 0.215. The number of esters is 1. The van der Waals surface area contributed by atoms with E-state index in [4.69, 9.17) is 4.74 Å². The Hall–Kier alpha value is -2.09. The van der Waals surface area contributed by atoms with Gasteiger partial charge in [-0.05, 0) is 66.8 Å². The zero-order chi connectivity index (χ0) is 15.4. The molecule has 0 atom stereocenters. The Labute approximate surface area is 132 Å². The summed E-state index contributed by atoms with van der Waals surface area (Å²) in [4.78, 5) is 12.0. The first-order valence-electron chi connectivity index (χ1n) is 8.04. The van der Waals surface area contributed by atoms with E-state index < -0.39 is 0 Å². The molecule has 0 amide bonds. The molecule has 0 radical (unpaired) electrons. The summed E-state index contributed by atoms with van der Waals surface area (Å²) in [5, 5.41) is 0. The van der Waals surface area contributed by atoms with Crippen LogP contribution in [0.1, 0.15) is 45.5 Å². The van der Waals surface area contributed by atoms with Gasteiger partial charge in [-0.25, -0.2) is 4.79 Å². The van der Waals surface area contributed by atoms with Gasteiger partial charge in [0.15, 0.2) is 0 Å². The van der Waals surface area contributed by atoms with Gasteiger partial charge in [0.1, 0.15) is 0 Å². The van der Waals surface area contributed by atoms with Crippen LogP contribution in [0.3, 0.4) is 0 Å². The van der Waals surface area contributed by atoms with Crippen molar-refractivity contribution >= 4 is 5.97 Å². The number of benzene rings is 2. The van der Waals surface area contributed by atoms with Crippen molar-refractivity contribution in [2.24, 2.45) is 0 Å². The van der Waals surface area contributed by atoms with Gasteiger partial charge < -0.3 is 4.74 Å². The highest BCUT2D eigenvalue weighted by Gasteiger charge is 2.13. The second-order valence-corrected chi connectivity index (χ2v) is 6.01. The number of rotatable bonds is 1. The Balaban J connectivity index is 1.92. The molecular formula is C20H22O2. The normalized spacial score (nSPS) is 14.6. The van der Waals surface area contributed by atoms with Crippen molar-refractivity contribution < 1.29 is 9.53 Å². The smallest absolute Gasteiger partial charge is 0.338 e. The number of aryl methyl sites for hydroxylation is 4. The van der Waals surface area contributed by atoms with Crippen molar-refractivity contribution in [3.63, 3.8) is 0 Å². The third-order valence-corrected chi connectivity index (χ3v) is 4.47. The van der Waals surface area contributed by atoms with Crippen molar-refractivity contribution in [2.75, 3.05) is 7.11 Å². The van der Waals surface area contributed by atoms with Gasteiger partial charge in [-0.2, -0.15) is 0 Å². The average Bonchev–Trinajstić information content (AvgIpc) is 2.57. The van der Waals surface area contributed by atoms with Crippen molar-refractivity contribution in [1.29, 1.82) is 0 Å². The minimum Gasteiger partial charge on any atom is -0.465 e. The van der Waals surface area contributed by atoms with Crippen LogP contribution in [0, 0.1) is 0 Å². The number of carbonyl (C=O) groups excluding carboxylic acids is 1. The van der Waals surface area contributed by atoms with Crippen LogP contribution in [0.4, 0.5) is 0 Å². The average molecular weight is 294 g/mol. The lowest BCUT2D eigenvalue weighted by atomic mass is 9.94. The molecule has 2 aromatic carbocycles. The summed E-state index contributed by atoms with van der Waals surface area (Å²) in [6.07, 6.45) is 6.21. The van der Waals surface area contributed by atoms with E-state index in [1.165, 1.54) is 23.8 Å². The second-order valence-electron chi connectivity index (χ2n) is 6.01. The van der Waals surface area contributed by atoms with Crippen LogP contribution in [0.15, 0.2) is 42.5 Å². The van der Waals surface area contributed by atoms with Gasteiger partial charge in [0.25, 0.3) is 0 Å². The van der Waals surface area contributed by atoms with E-state index in [9.17, 15) is 4.79 Å². The third kappa shape index (κ3) is 3.38. The predicted molar refractivity (Wildman–Crippen MR) is 88.3 cm³/mol. The van der Waals surface area contributed by atoms with E-state index in [0.29, 0.717) is 0 Å². The number of ether oxygens (including phenoxy) is 1. The first kappa shape index (κ1) is 14.8. The lowest BCUT2D eigenvalue weighted by Crippen LogP contribution is -2.08. The summed E-state index contributed by atoms with van der Waals surface area (Å²) in [5.41, 5.74) is 5.81. The van der Waals surface area contributed by atoms with Gasteiger partial charge in [-0.15, -0.1) is 0 Å². The summed E-state index contributed by atoms with van der Waals surface area (Å²) in [6, 6.07) is 15.2. The minimum atomic E-state index is -0.215. The molecule has 0 unspecified atom stereocenters. The largest absolute Gasteiger partial charge is 0.465 e. The molecule has 4 bridgehead atoms. The summed E-state index contributed by atoms with van der Waals surface area (Å²) in [5.74, 6) is -0.215. The summed E-state index contributed by atoms with van der Waals surface area (Å²) in [6.45, 7) is 0. The quantitative estimate of drug-likeness (QED) is 0.739. The third-order valence-electron chi connectivity index (χ3n) is 4.47. The first-order chi connectivity index (χ1) is 10.8. The number of carbonyl (C=O) groups is 1. The maximum absolute atomic E-state index is 12.0. The van der Waals surface area contributed by atoms with E-state index in [-0.39, 0.29) is 5.97 Å². The number of hydrogen-bond acceptors (Lipinski definition) is 2. The topological polar surface area (TPSA) is 26.3 Å². The standard InChI is InChI=1S/C20H22O2/c1-22-20(21)19-14-17-11-10-16-8-6-15(7-9-16)4-2-3-5-18(19)13-12-17/h6-9,12-14H,2-5,10-11H2,1H3. The maximum Gasteiger partial charge on any atom is 0.338 e. The van der Waals surface area contributed by atoms with Crippen LogP contribution >= 0.6 is 0 Å². The van der Waals surface area contributed by atoms with Crippen molar-refractivity contribution in [1.82, 2.24) is 0 Å². The SMILES string of the molecule is COC(=O)c1cc2ccc1CCCCc1ccc(cc1)CC2. The summed E-state index contributed by atoms with van der Waals surface area (Å²) >= 11 is 0.